The van der Waals surface area contributed by atoms with Crippen LogP contribution in [0.15, 0.2) is 34.9 Å². The summed E-state index contributed by atoms with van der Waals surface area (Å²) in [5.74, 6) is 0.597. The van der Waals surface area contributed by atoms with Gasteiger partial charge in [-0.05, 0) is 37.0 Å². The Morgan fingerprint density at radius 3 is 2.83 bits per heavy atom. The Bertz CT molecular complexity index is 1010. The van der Waals surface area contributed by atoms with E-state index in [1.165, 1.54) is 0 Å². The second-order valence-corrected chi connectivity index (χ2v) is 6.86. The topological polar surface area (TPSA) is 95.7 Å². The van der Waals surface area contributed by atoms with Crippen LogP contribution in [0.5, 0.6) is 5.75 Å². The van der Waals surface area contributed by atoms with E-state index < -0.39 is 0 Å². The van der Waals surface area contributed by atoms with Crippen LogP contribution in [-0.2, 0) is 16.1 Å². The van der Waals surface area contributed by atoms with Crippen LogP contribution in [0.2, 0.25) is 0 Å². The maximum absolute atomic E-state index is 12.7. The summed E-state index contributed by atoms with van der Waals surface area (Å²) in [5.41, 5.74) is 3.42. The van der Waals surface area contributed by atoms with Crippen molar-refractivity contribution in [3.63, 3.8) is 0 Å². The predicted octanol–water partition coefficient (Wildman–Crippen LogP) is 3.52. The fourth-order valence-electron chi connectivity index (χ4n) is 3.57. The Morgan fingerprint density at radius 1 is 1.24 bits per heavy atom. The minimum absolute atomic E-state index is 0.132. The van der Waals surface area contributed by atoms with Crippen molar-refractivity contribution >= 4 is 23.0 Å². The molecule has 1 N–H and O–H groups in total. The highest BCUT2D eigenvalue weighted by Gasteiger charge is 2.23. The molecular formula is C21H23N3O5. The third-order valence-corrected chi connectivity index (χ3v) is 5.01. The van der Waals surface area contributed by atoms with Gasteiger partial charge in [0, 0.05) is 37.6 Å². The van der Waals surface area contributed by atoms with Gasteiger partial charge in [0.1, 0.15) is 5.75 Å². The molecule has 8 heteroatoms. The van der Waals surface area contributed by atoms with Crippen molar-refractivity contribution in [3.05, 3.63) is 47.3 Å². The van der Waals surface area contributed by atoms with Crippen LogP contribution in [0.4, 0.5) is 6.01 Å². The number of oxazole rings is 1. The zero-order chi connectivity index (χ0) is 20.2. The summed E-state index contributed by atoms with van der Waals surface area (Å²) >= 11 is 0. The van der Waals surface area contributed by atoms with Gasteiger partial charge in [-0.15, -0.1) is 0 Å². The highest BCUT2D eigenvalue weighted by atomic mass is 16.5. The lowest BCUT2D eigenvalue weighted by Gasteiger charge is -2.22. The van der Waals surface area contributed by atoms with E-state index in [1.54, 1.807) is 32.5 Å². The molecule has 1 aromatic carbocycles. The van der Waals surface area contributed by atoms with E-state index in [2.05, 4.69) is 15.3 Å². The summed E-state index contributed by atoms with van der Waals surface area (Å²) in [5, 5.41) is 2.73. The van der Waals surface area contributed by atoms with Gasteiger partial charge < -0.3 is 18.6 Å². The zero-order valence-corrected chi connectivity index (χ0v) is 16.4. The second-order valence-electron chi connectivity index (χ2n) is 6.86. The molecule has 29 heavy (non-hydrogen) atoms. The average molecular weight is 397 g/mol. The number of rotatable bonds is 6. The molecule has 0 bridgehead atoms. The molecule has 0 saturated carbocycles. The number of aromatic nitrogens is 2. The van der Waals surface area contributed by atoms with Crippen LogP contribution in [0.1, 0.15) is 40.4 Å². The smallest absolute Gasteiger partial charge is 0.302 e. The molecule has 3 aromatic rings. The molecule has 1 aliphatic rings. The fraction of sp³-hybridized carbons (Fsp3) is 0.381. The van der Waals surface area contributed by atoms with Crippen molar-refractivity contribution in [1.29, 1.82) is 0 Å². The second kappa shape index (κ2) is 8.59. The summed E-state index contributed by atoms with van der Waals surface area (Å²) in [6.07, 6.45) is 3.41. The first-order valence-electron chi connectivity index (χ1n) is 9.50. The quantitative estimate of drug-likeness (QED) is 0.680. The van der Waals surface area contributed by atoms with Gasteiger partial charge in [-0.1, -0.05) is 6.07 Å². The zero-order valence-electron chi connectivity index (χ0n) is 16.4. The van der Waals surface area contributed by atoms with E-state index in [9.17, 15) is 4.79 Å². The van der Waals surface area contributed by atoms with Crippen molar-refractivity contribution in [2.75, 3.05) is 32.8 Å². The number of ether oxygens (including phenoxy) is 3. The van der Waals surface area contributed by atoms with Crippen LogP contribution in [0.25, 0.3) is 11.1 Å². The number of carbonyl (C=O) groups is 1. The molecule has 0 atom stereocenters. The molecule has 2 aromatic heterocycles. The maximum atomic E-state index is 12.7. The first-order valence-corrected chi connectivity index (χ1v) is 9.50. The summed E-state index contributed by atoms with van der Waals surface area (Å²) in [4.78, 5) is 21.3. The largest absolute Gasteiger partial charge is 0.494 e. The summed E-state index contributed by atoms with van der Waals surface area (Å²) in [7, 11) is 3.17. The van der Waals surface area contributed by atoms with Crippen LogP contribution in [0.3, 0.4) is 0 Å². The monoisotopic (exact) mass is 397 g/mol. The third kappa shape index (κ3) is 4.08. The van der Waals surface area contributed by atoms with Crippen LogP contribution in [-0.4, -0.2) is 43.3 Å². The molecule has 0 unspecified atom stereocenters. The lowest BCUT2D eigenvalue weighted by molar-refractivity contribution is 0.0854. The van der Waals surface area contributed by atoms with Gasteiger partial charge in [0.25, 0.3) is 5.91 Å². The third-order valence-electron chi connectivity index (χ3n) is 5.01. The first kappa shape index (κ1) is 19.4. The van der Waals surface area contributed by atoms with Gasteiger partial charge in [0.2, 0.25) is 0 Å². The Balaban J connectivity index is 1.64. The number of fused-ring (bicyclic) bond motifs is 1. The number of carbonyl (C=O) groups excluding carboxylic acids is 1. The molecule has 1 aliphatic heterocycles. The van der Waals surface area contributed by atoms with Crippen molar-refractivity contribution in [3.8, 4) is 5.75 Å². The van der Waals surface area contributed by atoms with E-state index in [4.69, 9.17) is 18.6 Å². The van der Waals surface area contributed by atoms with Crippen molar-refractivity contribution in [2.45, 2.75) is 25.4 Å². The van der Waals surface area contributed by atoms with Gasteiger partial charge in [0.15, 0.2) is 11.1 Å². The SMILES string of the molecule is COCc1cc(C(=O)Nc2nc3c(OC)ccc(C4CCOCC4)c3o2)ccn1. The van der Waals surface area contributed by atoms with Crippen molar-refractivity contribution in [1.82, 2.24) is 9.97 Å². The highest BCUT2D eigenvalue weighted by Crippen LogP contribution is 2.37. The van der Waals surface area contributed by atoms with Gasteiger partial charge >= 0.3 is 6.01 Å². The van der Waals surface area contributed by atoms with Gasteiger partial charge in [-0.2, -0.15) is 4.98 Å². The number of methoxy groups -OCH3 is 2. The minimum atomic E-state index is -0.331. The number of benzene rings is 1. The molecule has 0 radical (unpaired) electrons. The van der Waals surface area contributed by atoms with Gasteiger partial charge in [-0.3, -0.25) is 15.1 Å². The molecule has 0 aliphatic carbocycles. The van der Waals surface area contributed by atoms with Crippen LogP contribution in [0, 0.1) is 0 Å². The number of anilines is 1. The number of amides is 1. The number of nitrogens with one attached hydrogen (secondary N) is 1. The van der Waals surface area contributed by atoms with E-state index >= 15 is 0 Å². The molecule has 0 spiro atoms. The maximum Gasteiger partial charge on any atom is 0.302 e. The normalized spacial score (nSPS) is 14.8. The number of pyridine rings is 1. The summed E-state index contributed by atoms with van der Waals surface area (Å²) < 4.78 is 21.9. The van der Waals surface area contributed by atoms with E-state index in [1.807, 2.05) is 12.1 Å². The molecule has 8 nitrogen and oxygen atoms in total. The first-order chi connectivity index (χ1) is 14.2. The molecular weight excluding hydrogens is 374 g/mol. The van der Waals surface area contributed by atoms with Crippen LogP contribution >= 0.6 is 0 Å². The molecule has 152 valence electrons. The van der Waals surface area contributed by atoms with Crippen molar-refractivity contribution < 1.29 is 23.4 Å². The minimum Gasteiger partial charge on any atom is -0.494 e. The summed E-state index contributed by atoms with van der Waals surface area (Å²) in [6, 6.07) is 7.34. The van der Waals surface area contributed by atoms with Gasteiger partial charge in [-0.25, -0.2) is 0 Å². The molecule has 1 amide bonds. The average Bonchev–Trinajstić information content (AvgIpc) is 3.17. The number of hydrogen-bond donors (Lipinski definition) is 1. The standard InChI is InChI=1S/C21H23N3O5/c1-26-12-15-11-14(5-8-22-15)20(25)24-21-23-18-17(27-2)4-3-16(19(18)29-21)13-6-9-28-10-7-13/h3-5,8,11,13H,6-7,9-10,12H2,1-2H3,(H,23,24,25). The molecule has 4 rings (SSSR count). The molecule has 1 saturated heterocycles. The highest BCUT2D eigenvalue weighted by molar-refractivity contribution is 6.03. The Morgan fingerprint density at radius 2 is 2.07 bits per heavy atom. The van der Waals surface area contributed by atoms with E-state index in [0.717, 1.165) is 31.6 Å². The molecule has 3 heterocycles. The predicted molar refractivity (Wildman–Crippen MR) is 106 cm³/mol. The van der Waals surface area contributed by atoms with E-state index in [0.29, 0.717) is 40.6 Å². The number of nitrogens with zero attached hydrogens (tertiary/aromatic N) is 2. The van der Waals surface area contributed by atoms with Crippen LogP contribution < -0.4 is 10.1 Å². The lowest BCUT2D eigenvalue weighted by Crippen LogP contribution is -2.14. The van der Waals surface area contributed by atoms with Gasteiger partial charge in [0.05, 0.1) is 19.4 Å². The van der Waals surface area contributed by atoms with E-state index in [-0.39, 0.29) is 11.9 Å². The Kier molecular flexibility index (Phi) is 5.73. The fourth-order valence-corrected chi connectivity index (χ4v) is 3.57. The van der Waals surface area contributed by atoms with Crippen molar-refractivity contribution in [2.24, 2.45) is 0 Å². The number of hydrogen-bond acceptors (Lipinski definition) is 7. The Hall–Kier alpha value is -2.97. The lowest BCUT2D eigenvalue weighted by atomic mass is 9.91. The Labute approximate surface area is 168 Å². The summed E-state index contributed by atoms with van der Waals surface area (Å²) in [6.45, 7) is 1.78. The molecule has 1 fully saturated rings.